The Morgan fingerprint density at radius 2 is 1.37 bits per heavy atom. The van der Waals surface area contributed by atoms with Crippen LogP contribution in [0.3, 0.4) is 0 Å². The van der Waals surface area contributed by atoms with Gasteiger partial charge in [0.05, 0.1) is 0 Å². The third-order valence-corrected chi connectivity index (χ3v) is 4.06. The highest BCUT2D eigenvalue weighted by Crippen LogP contribution is 2.33. The quantitative estimate of drug-likeness (QED) is 0.789. The molecule has 0 bridgehead atoms. The van der Waals surface area contributed by atoms with E-state index < -0.39 is 23.5 Å². The predicted molar refractivity (Wildman–Crippen MR) is 69.1 cm³/mol. The van der Waals surface area contributed by atoms with E-state index in [-0.39, 0.29) is 11.5 Å². The molecule has 1 nitrogen and oxygen atoms in total. The Labute approximate surface area is 112 Å². The fraction of sp³-hybridized carbons (Fsp3) is 0.600. The van der Waals surface area contributed by atoms with Crippen LogP contribution in [0.15, 0.2) is 12.1 Å². The van der Waals surface area contributed by atoms with Crippen LogP contribution in [0, 0.1) is 23.4 Å². The maximum atomic E-state index is 13.7. The number of hydrogen-bond acceptors (Lipinski definition) is 1. The van der Waals surface area contributed by atoms with E-state index in [1.165, 1.54) is 19.3 Å². The van der Waals surface area contributed by atoms with E-state index in [0.717, 1.165) is 31.7 Å². The Balaban J connectivity index is 2.17. The van der Waals surface area contributed by atoms with Gasteiger partial charge in [0, 0.05) is 17.7 Å². The largest absolute Gasteiger partial charge is 0.324 e. The van der Waals surface area contributed by atoms with Gasteiger partial charge in [0.15, 0.2) is 11.6 Å². The van der Waals surface area contributed by atoms with Gasteiger partial charge in [-0.2, -0.15) is 0 Å². The average Bonchev–Trinajstić information content (AvgIpc) is 2.32. The second-order valence-electron chi connectivity index (χ2n) is 5.42. The maximum Gasteiger partial charge on any atom is 0.161 e. The van der Waals surface area contributed by atoms with E-state index in [4.69, 9.17) is 5.73 Å². The fourth-order valence-electron chi connectivity index (χ4n) is 2.89. The summed E-state index contributed by atoms with van der Waals surface area (Å²) < 4.78 is 39.9. The van der Waals surface area contributed by atoms with Crippen molar-refractivity contribution in [3.05, 3.63) is 35.1 Å². The van der Waals surface area contributed by atoms with Crippen molar-refractivity contribution in [1.82, 2.24) is 0 Å². The number of rotatable bonds is 2. The van der Waals surface area contributed by atoms with Crippen LogP contribution in [-0.4, -0.2) is 0 Å². The SMILES string of the molecule is NC(c1cc(F)c(F)cc1F)C1CCCCCCC1. The lowest BCUT2D eigenvalue weighted by Gasteiger charge is -2.26. The molecule has 0 amide bonds. The molecule has 0 spiro atoms. The summed E-state index contributed by atoms with van der Waals surface area (Å²) in [5.41, 5.74) is 6.18. The number of nitrogens with two attached hydrogens (primary N) is 1. The summed E-state index contributed by atoms with van der Waals surface area (Å²) in [5.74, 6) is -2.78. The van der Waals surface area contributed by atoms with Gasteiger partial charge in [-0.15, -0.1) is 0 Å². The molecule has 1 unspecified atom stereocenters. The van der Waals surface area contributed by atoms with Gasteiger partial charge in [-0.05, 0) is 24.8 Å². The van der Waals surface area contributed by atoms with E-state index >= 15 is 0 Å². The number of halogens is 3. The molecule has 2 rings (SSSR count). The summed E-state index contributed by atoms with van der Waals surface area (Å²) >= 11 is 0. The summed E-state index contributed by atoms with van der Waals surface area (Å²) in [6.07, 6.45) is 7.58. The summed E-state index contributed by atoms with van der Waals surface area (Å²) in [6.45, 7) is 0. The van der Waals surface area contributed by atoms with Crippen LogP contribution < -0.4 is 5.73 Å². The van der Waals surface area contributed by atoms with Gasteiger partial charge in [0.1, 0.15) is 5.82 Å². The molecule has 0 aromatic heterocycles. The zero-order chi connectivity index (χ0) is 13.8. The van der Waals surface area contributed by atoms with Crippen molar-refractivity contribution in [3.8, 4) is 0 Å². The molecule has 1 aromatic rings. The van der Waals surface area contributed by atoms with Crippen LogP contribution >= 0.6 is 0 Å². The first-order valence-corrected chi connectivity index (χ1v) is 6.99. The van der Waals surface area contributed by atoms with Gasteiger partial charge in [-0.25, -0.2) is 13.2 Å². The van der Waals surface area contributed by atoms with Gasteiger partial charge < -0.3 is 5.73 Å². The van der Waals surface area contributed by atoms with Crippen LogP contribution in [-0.2, 0) is 0 Å². The molecule has 1 saturated carbocycles. The van der Waals surface area contributed by atoms with E-state index in [2.05, 4.69) is 0 Å². The van der Waals surface area contributed by atoms with Crippen LogP contribution in [0.4, 0.5) is 13.2 Å². The third-order valence-electron chi connectivity index (χ3n) is 4.06. The van der Waals surface area contributed by atoms with E-state index in [1.807, 2.05) is 0 Å². The highest BCUT2D eigenvalue weighted by Gasteiger charge is 2.24. The first-order valence-electron chi connectivity index (χ1n) is 6.99. The fourth-order valence-corrected chi connectivity index (χ4v) is 2.89. The Bertz CT molecular complexity index is 426. The molecule has 1 fully saturated rings. The lowest BCUT2D eigenvalue weighted by Crippen LogP contribution is -2.23. The molecular formula is C15H20F3N. The zero-order valence-electron chi connectivity index (χ0n) is 11.0. The van der Waals surface area contributed by atoms with Crippen molar-refractivity contribution in [2.45, 2.75) is 51.0 Å². The molecular weight excluding hydrogens is 251 g/mol. The van der Waals surface area contributed by atoms with Crippen LogP contribution in [0.1, 0.15) is 56.6 Å². The van der Waals surface area contributed by atoms with Gasteiger partial charge >= 0.3 is 0 Å². The van der Waals surface area contributed by atoms with Crippen molar-refractivity contribution in [3.63, 3.8) is 0 Å². The maximum absolute atomic E-state index is 13.7. The van der Waals surface area contributed by atoms with Crippen LogP contribution in [0.2, 0.25) is 0 Å². The van der Waals surface area contributed by atoms with Gasteiger partial charge in [0.2, 0.25) is 0 Å². The highest BCUT2D eigenvalue weighted by molar-refractivity contribution is 5.23. The molecule has 0 saturated heterocycles. The lowest BCUT2D eigenvalue weighted by atomic mass is 9.83. The highest BCUT2D eigenvalue weighted by atomic mass is 19.2. The summed E-state index contributed by atoms with van der Waals surface area (Å²) in [6, 6.07) is 0.954. The number of benzene rings is 1. The minimum Gasteiger partial charge on any atom is -0.324 e. The van der Waals surface area contributed by atoms with Gasteiger partial charge in [0.25, 0.3) is 0 Å². The lowest BCUT2D eigenvalue weighted by molar-refractivity contribution is 0.321. The van der Waals surface area contributed by atoms with E-state index in [9.17, 15) is 13.2 Å². The molecule has 1 aliphatic rings. The summed E-state index contributed by atoms with van der Waals surface area (Å²) in [4.78, 5) is 0. The Morgan fingerprint density at radius 3 is 2.00 bits per heavy atom. The smallest absolute Gasteiger partial charge is 0.161 e. The van der Waals surface area contributed by atoms with Gasteiger partial charge in [-0.3, -0.25) is 0 Å². The Hall–Kier alpha value is -1.03. The summed E-state index contributed by atoms with van der Waals surface area (Å²) in [7, 11) is 0. The molecule has 2 N–H and O–H groups in total. The Morgan fingerprint density at radius 1 is 0.842 bits per heavy atom. The molecule has 0 heterocycles. The van der Waals surface area contributed by atoms with E-state index in [0.29, 0.717) is 6.07 Å². The second-order valence-corrected chi connectivity index (χ2v) is 5.42. The first-order chi connectivity index (χ1) is 9.09. The monoisotopic (exact) mass is 271 g/mol. The second kappa shape index (κ2) is 6.42. The van der Waals surface area contributed by atoms with Crippen molar-refractivity contribution >= 4 is 0 Å². The molecule has 19 heavy (non-hydrogen) atoms. The molecule has 0 radical (unpaired) electrons. The zero-order valence-corrected chi connectivity index (χ0v) is 11.0. The summed E-state index contributed by atoms with van der Waals surface area (Å²) in [5, 5.41) is 0. The van der Waals surface area contributed by atoms with E-state index in [1.54, 1.807) is 0 Å². The first kappa shape index (κ1) is 14.4. The van der Waals surface area contributed by atoms with Crippen molar-refractivity contribution in [2.24, 2.45) is 11.7 Å². The molecule has 1 aliphatic carbocycles. The topological polar surface area (TPSA) is 26.0 Å². The Kier molecular flexibility index (Phi) is 4.86. The normalized spacial score (nSPS) is 19.8. The van der Waals surface area contributed by atoms with Crippen molar-refractivity contribution < 1.29 is 13.2 Å². The molecule has 106 valence electrons. The average molecular weight is 271 g/mol. The van der Waals surface area contributed by atoms with Crippen LogP contribution in [0.5, 0.6) is 0 Å². The predicted octanol–water partition coefficient (Wildman–Crippen LogP) is 4.46. The minimum atomic E-state index is -1.16. The standard InChI is InChI=1S/C15H20F3N/c16-12-9-14(18)13(17)8-11(12)15(19)10-6-4-2-1-3-5-7-10/h8-10,15H,1-7,19H2. The van der Waals surface area contributed by atoms with Gasteiger partial charge in [-0.1, -0.05) is 32.1 Å². The molecule has 0 aliphatic heterocycles. The van der Waals surface area contributed by atoms with Crippen molar-refractivity contribution in [1.29, 1.82) is 0 Å². The van der Waals surface area contributed by atoms with Crippen LogP contribution in [0.25, 0.3) is 0 Å². The molecule has 1 aromatic carbocycles. The number of hydrogen-bond donors (Lipinski definition) is 1. The van der Waals surface area contributed by atoms with Crippen molar-refractivity contribution in [2.75, 3.05) is 0 Å². The third kappa shape index (κ3) is 3.50. The minimum absolute atomic E-state index is 0.101. The molecule has 4 heteroatoms. The molecule has 1 atom stereocenters.